The molecule has 1 heterocycles. The number of aromatic amines is 1. The van der Waals surface area contributed by atoms with Crippen LogP contribution in [0.15, 0.2) is 0 Å². The van der Waals surface area contributed by atoms with E-state index in [9.17, 15) is 23.4 Å². The molecule has 0 aliphatic carbocycles. The van der Waals surface area contributed by atoms with Crippen LogP contribution in [-0.4, -0.2) is 120 Å². The smallest absolute Gasteiger partial charge is 0.246 e. The van der Waals surface area contributed by atoms with Crippen LogP contribution in [0.4, 0.5) is 0 Å². The fourth-order valence-corrected chi connectivity index (χ4v) is 5.92. The van der Waals surface area contributed by atoms with Crippen molar-refractivity contribution in [2.75, 3.05) is 71.7 Å². The number of hydrogen-bond acceptors (Lipinski definition) is 12. The standard InChI is InChI=1S/C35H65N7O9S/c1-31(43)29-50-26-24-49-23-21-37-35(46)30-51-27-25-48-22-20-36-33(44)19-16-28-52(47)40-34(45)18-15-13-11-9-7-5-3-2-4-6-8-10-12-14-17-32-38-41-42-39-32/h2-30H2,1H3,(H,36,44)(H,37,46)(H,40,45)(H,38,39,41,42). The van der Waals surface area contributed by atoms with Crippen LogP contribution in [0.1, 0.15) is 122 Å². The highest BCUT2D eigenvalue weighted by molar-refractivity contribution is 7.83. The van der Waals surface area contributed by atoms with E-state index in [0.29, 0.717) is 52.4 Å². The van der Waals surface area contributed by atoms with Crippen LogP contribution in [0.3, 0.4) is 0 Å². The molecule has 0 saturated carbocycles. The lowest BCUT2D eigenvalue weighted by atomic mass is 10.0. The molecule has 0 bridgehead atoms. The summed E-state index contributed by atoms with van der Waals surface area (Å²) in [6, 6.07) is 0. The Morgan fingerprint density at radius 2 is 1.10 bits per heavy atom. The third kappa shape index (κ3) is 33.0. The number of aromatic nitrogens is 4. The van der Waals surface area contributed by atoms with E-state index in [2.05, 4.69) is 36.0 Å². The molecule has 52 heavy (non-hydrogen) atoms. The van der Waals surface area contributed by atoms with Gasteiger partial charge in [-0.3, -0.25) is 23.9 Å². The van der Waals surface area contributed by atoms with Gasteiger partial charge in [0.25, 0.3) is 0 Å². The Balaban J connectivity index is 1.79. The summed E-state index contributed by atoms with van der Waals surface area (Å²) in [6.07, 6.45) is 18.7. The number of rotatable bonds is 38. The second kappa shape index (κ2) is 35.2. The molecule has 17 heteroatoms. The van der Waals surface area contributed by atoms with Gasteiger partial charge in [-0.1, -0.05) is 82.3 Å². The Morgan fingerprint density at radius 3 is 1.65 bits per heavy atom. The fraction of sp³-hybridized carbons (Fsp3) is 0.857. The quantitative estimate of drug-likeness (QED) is 0.0717. The molecule has 300 valence electrons. The highest BCUT2D eigenvalue weighted by atomic mass is 32.2. The van der Waals surface area contributed by atoms with E-state index in [0.717, 1.165) is 37.9 Å². The van der Waals surface area contributed by atoms with Gasteiger partial charge < -0.3 is 29.6 Å². The van der Waals surface area contributed by atoms with E-state index in [1.165, 1.54) is 71.1 Å². The molecular formula is C35H65N7O9S. The van der Waals surface area contributed by atoms with Crippen LogP contribution in [0.25, 0.3) is 0 Å². The van der Waals surface area contributed by atoms with Gasteiger partial charge in [0.15, 0.2) is 11.6 Å². The first-order valence-electron chi connectivity index (χ1n) is 19.1. The molecule has 1 rings (SSSR count). The predicted molar refractivity (Wildman–Crippen MR) is 197 cm³/mol. The number of aryl methyl sites for hydroxylation is 1. The van der Waals surface area contributed by atoms with Crippen LogP contribution in [0.2, 0.25) is 0 Å². The number of tetrazole rings is 1. The van der Waals surface area contributed by atoms with Crippen LogP contribution in [0, 0.1) is 0 Å². The number of ether oxygens (including phenoxy) is 4. The minimum atomic E-state index is -1.49. The lowest BCUT2D eigenvalue weighted by Gasteiger charge is -2.09. The van der Waals surface area contributed by atoms with E-state index in [4.69, 9.17) is 18.9 Å². The van der Waals surface area contributed by atoms with Gasteiger partial charge >= 0.3 is 0 Å². The summed E-state index contributed by atoms with van der Waals surface area (Å²) in [7, 11) is -1.49. The summed E-state index contributed by atoms with van der Waals surface area (Å²) >= 11 is 0. The molecule has 1 aromatic heterocycles. The van der Waals surface area contributed by atoms with Crippen LogP contribution < -0.4 is 15.4 Å². The Hall–Kier alpha value is -2.86. The maximum Gasteiger partial charge on any atom is 0.246 e. The number of nitrogens with zero attached hydrogens (tertiary/aromatic N) is 3. The van der Waals surface area contributed by atoms with Gasteiger partial charge in [0.2, 0.25) is 17.7 Å². The Morgan fingerprint density at radius 1 is 0.596 bits per heavy atom. The van der Waals surface area contributed by atoms with Crippen molar-refractivity contribution >= 4 is 34.5 Å². The van der Waals surface area contributed by atoms with Crippen molar-refractivity contribution in [3.8, 4) is 0 Å². The van der Waals surface area contributed by atoms with Gasteiger partial charge in [0.1, 0.15) is 24.2 Å². The molecule has 0 aliphatic heterocycles. The predicted octanol–water partition coefficient (Wildman–Crippen LogP) is 3.04. The van der Waals surface area contributed by atoms with E-state index in [1.807, 2.05) is 0 Å². The number of nitrogens with one attached hydrogen (secondary N) is 4. The first-order valence-corrected chi connectivity index (χ1v) is 20.4. The normalized spacial score (nSPS) is 11.7. The number of carbonyl (C=O) groups excluding carboxylic acids is 4. The third-order valence-electron chi connectivity index (χ3n) is 7.82. The van der Waals surface area contributed by atoms with Gasteiger partial charge in [-0.15, -0.1) is 10.2 Å². The number of H-pyrrole nitrogens is 1. The zero-order chi connectivity index (χ0) is 37.7. The molecular weight excluding hydrogens is 694 g/mol. The maximum absolute atomic E-state index is 12.2. The molecule has 0 aromatic carbocycles. The van der Waals surface area contributed by atoms with Crippen molar-refractivity contribution in [3.63, 3.8) is 0 Å². The summed E-state index contributed by atoms with van der Waals surface area (Å²) in [5.74, 6) is 0.349. The fourth-order valence-electron chi connectivity index (χ4n) is 5.06. The van der Waals surface area contributed by atoms with Crippen LogP contribution >= 0.6 is 0 Å². The largest absolute Gasteiger partial charge is 0.377 e. The maximum atomic E-state index is 12.2. The molecule has 3 amide bonds. The third-order valence-corrected chi connectivity index (χ3v) is 8.94. The Kier molecular flexibility index (Phi) is 31.9. The van der Waals surface area contributed by atoms with Crippen molar-refractivity contribution in [2.45, 2.75) is 122 Å². The van der Waals surface area contributed by atoms with Gasteiger partial charge in [0.05, 0.1) is 39.6 Å². The number of carbonyl (C=O) groups is 4. The van der Waals surface area contributed by atoms with Crippen molar-refractivity contribution < 1.29 is 42.3 Å². The monoisotopic (exact) mass is 759 g/mol. The van der Waals surface area contributed by atoms with Gasteiger partial charge in [-0.25, -0.2) is 4.21 Å². The molecule has 0 spiro atoms. The first kappa shape index (κ1) is 47.2. The second-order valence-electron chi connectivity index (χ2n) is 12.7. The minimum Gasteiger partial charge on any atom is -0.377 e. The summed E-state index contributed by atoms with van der Waals surface area (Å²) in [5.41, 5.74) is 0. The van der Waals surface area contributed by atoms with Gasteiger partial charge in [0, 0.05) is 38.1 Å². The van der Waals surface area contributed by atoms with Gasteiger partial charge in [-0.2, -0.15) is 5.21 Å². The Bertz CT molecular complexity index is 1070. The molecule has 0 saturated heterocycles. The number of amides is 3. The highest BCUT2D eigenvalue weighted by Crippen LogP contribution is 2.14. The SMILES string of the molecule is CC(=O)COCCOCCNC(=O)COCCOCCNC(=O)CCCS(=O)NC(=O)CCCCCCCCCCCCCCCCc1nn[nH]n1. The summed E-state index contributed by atoms with van der Waals surface area (Å²) in [4.78, 5) is 46.5. The molecule has 1 unspecified atom stereocenters. The average molecular weight is 760 g/mol. The van der Waals surface area contributed by atoms with Crippen molar-refractivity contribution in [3.05, 3.63) is 5.82 Å². The van der Waals surface area contributed by atoms with Crippen LogP contribution in [0.5, 0.6) is 0 Å². The van der Waals surface area contributed by atoms with E-state index in [-0.39, 0.29) is 62.1 Å². The van der Waals surface area contributed by atoms with Crippen molar-refractivity contribution in [1.82, 2.24) is 36.0 Å². The number of hydrogen-bond donors (Lipinski definition) is 4. The summed E-state index contributed by atoms with van der Waals surface area (Å²) < 4.78 is 35.7. The lowest BCUT2D eigenvalue weighted by molar-refractivity contribution is -0.127. The molecule has 4 N–H and O–H groups in total. The molecule has 1 aromatic rings. The number of Topliss-reactive ketones (excluding diaryl/α,β-unsaturated/α-hetero) is 1. The van der Waals surface area contributed by atoms with Crippen molar-refractivity contribution in [1.29, 1.82) is 0 Å². The topological polar surface area (TPSA) is 213 Å². The highest BCUT2D eigenvalue weighted by Gasteiger charge is 2.08. The zero-order valence-corrected chi connectivity index (χ0v) is 32.2. The number of unbranched alkanes of at least 4 members (excludes halogenated alkanes) is 13. The Labute approximate surface area is 312 Å². The minimum absolute atomic E-state index is 0.0432. The summed E-state index contributed by atoms with van der Waals surface area (Å²) in [6.45, 7) is 3.88. The molecule has 0 fully saturated rings. The van der Waals surface area contributed by atoms with E-state index < -0.39 is 11.0 Å². The molecule has 1 atom stereocenters. The van der Waals surface area contributed by atoms with E-state index >= 15 is 0 Å². The van der Waals surface area contributed by atoms with Crippen molar-refractivity contribution in [2.24, 2.45) is 0 Å². The average Bonchev–Trinajstić information content (AvgIpc) is 3.64. The molecule has 16 nitrogen and oxygen atoms in total. The number of ketones is 1. The molecule has 0 radical (unpaired) electrons. The summed E-state index contributed by atoms with van der Waals surface area (Å²) in [5, 5.41) is 19.4. The molecule has 0 aliphatic rings. The lowest BCUT2D eigenvalue weighted by Crippen LogP contribution is -2.31. The van der Waals surface area contributed by atoms with E-state index in [1.54, 1.807) is 0 Å². The zero-order valence-electron chi connectivity index (χ0n) is 31.4. The van der Waals surface area contributed by atoms with Crippen LogP contribution in [-0.2, 0) is 55.5 Å². The first-order chi connectivity index (χ1) is 25.4. The second-order valence-corrected chi connectivity index (χ2v) is 14.0. The van der Waals surface area contributed by atoms with Gasteiger partial charge in [-0.05, 0) is 26.2 Å².